The van der Waals surface area contributed by atoms with Crippen LogP contribution in [0.4, 0.5) is 0 Å². The third-order valence-corrected chi connectivity index (χ3v) is 6.36. The molecular formula is C17H23N3O2S2. The van der Waals surface area contributed by atoms with Crippen molar-refractivity contribution in [1.82, 2.24) is 15.3 Å². The highest BCUT2D eigenvalue weighted by molar-refractivity contribution is 8.00. The van der Waals surface area contributed by atoms with Gasteiger partial charge in [-0.05, 0) is 51.5 Å². The van der Waals surface area contributed by atoms with Gasteiger partial charge in [0.2, 0.25) is 5.91 Å². The first-order valence-corrected chi connectivity index (χ1v) is 10.1. The summed E-state index contributed by atoms with van der Waals surface area (Å²) in [5, 5.41) is 3.85. The molecule has 0 unspecified atom stereocenters. The first-order chi connectivity index (χ1) is 11.3. The number of thioether (sulfide) groups is 1. The van der Waals surface area contributed by atoms with Gasteiger partial charge in [0.25, 0.3) is 5.56 Å². The van der Waals surface area contributed by atoms with Crippen LogP contribution in [0.1, 0.15) is 44.6 Å². The van der Waals surface area contributed by atoms with E-state index < -0.39 is 0 Å². The molecule has 1 aliphatic carbocycles. The van der Waals surface area contributed by atoms with Crippen molar-refractivity contribution >= 4 is 39.2 Å². The lowest BCUT2D eigenvalue weighted by molar-refractivity contribution is -0.120. The Bertz CT molecular complexity index is 825. The topological polar surface area (TPSA) is 74.8 Å². The number of aryl methyl sites for hydroxylation is 1. The number of nitrogens with one attached hydrogen (secondary N) is 2. The minimum atomic E-state index is -0.303. The van der Waals surface area contributed by atoms with Crippen molar-refractivity contribution < 1.29 is 4.79 Å². The largest absolute Gasteiger partial charge is 0.353 e. The molecule has 130 valence electrons. The van der Waals surface area contributed by atoms with Crippen LogP contribution < -0.4 is 10.9 Å². The van der Waals surface area contributed by atoms with E-state index in [1.54, 1.807) is 11.3 Å². The standard InChI is InChI=1S/C17H23N3O2S2/c1-8(2)18-14(21)10(4)23-17-19-15(22)13-11-6-5-9(3)7-12(11)24-16(13)20-17/h8-10H,5-7H2,1-4H3,(H,18,21)(H,19,20,22)/t9-,10-/m0/s1. The van der Waals surface area contributed by atoms with E-state index in [9.17, 15) is 9.59 Å². The molecule has 0 bridgehead atoms. The van der Waals surface area contributed by atoms with Gasteiger partial charge in [0, 0.05) is 10.9 Å². The van der Waals surface area contributed by atoms with E-state index in [2.05, 4.69) is 22.2 Å². The van der Waals surface area contributed by atoms with Crippen LogP contribution in [0, 0.1) is 5.92 Å². The van der Waals surface area contributed by atoms with Gasteiger partial charge in [-0.2, -0.15) is 0 Å². The SMILES string of the molecule is CC(C)NC(=O)[C@H](C)Sc1nc2sc3c(c2c(=O)[nH]1)CC[C@H](C)C3. The predicted octanol–water partition coefficient (Wildman–Crippen LogP) is 3.11. The number of rotatable bonds is 4. The molecule has 2 aromatic rings. The van der Waals surface area contributed by atoms with Crippen molar-refractivity contribution in [3.8, 4) is 0 Å². The quantitative estimate of drug-likeness (QED) is 0.645. The fourth-order valence-electron chi connectivity index (χ4n) is 3.01. The fraction of sp³-hybridized carbons (Fsp3) is 0.588. The molecule has 1 aliphatic rings. The maximum Gasteiger partial charge on any atom is 0.260 e. The van der Waals surface area contributed by atoms with Crippen LogP contribution in [0.3, 0.4) is 0 Å². The summed E-state index contributed by atoms with van der Waals surface area (Å²) < 4.78 is 0. The van der Waals surface area contributed by atoms with Crippen LogP contribution in [0.2, 0.25) is 0 Å². The minimum absolute atomic E-state index is 0.0444. The Morgan fingerprint density at radius 1 is 1.42 bits per heavy atom. The Labute approximate surface area is 149 Å². The van der Waals surface area contributed by atoms with Crippen LogP contribution >= 0.6 is 23.1 Å². The number of aromatic nitrogens is 2. The van der Waals surface area contributed by atoms with Crippen LogP contribution in [0.15, 0.2) is 9.95 Å². The lowest BCUT2D eigenvalue weighted by atomic mass is 9.89. The van der Waals surface area contributed by atoms with E-state index in [1.165, 1.54) is 22.2 Å². The Hall–Kier alpha value is -1.34. The van der Waals surface area contributed by atoms with Crippen LogP contribution in [0.5, 0.6) is 0 Å². The van der Waals surface area contributed by atoms with Gasteiger partial charge < -0.3 is 10.3 Å². The van der Waals surface area contributed by atoms with Crippen molar-refractivity contribution in [1.29, 1.82) is 0 Å². The summed E-state index contributed by atoms with van der Waals surface area (Å²) in [4.78, 5) is 34.2. The molecule has 0 spiro atoms. The molecule has 0 saturated carbocycles. The summed E-state index contributed by atoms with van der Waals surface area (Å²) in [7, 11) is 0. The Balaban J connectivity index is 1.89. The van der Waals surface area contributed by atoms with Gasteiger partial charge in [-0.15, -0.1) is 11.3 Å². The summed E-state index contributed by atoms with van der Waals surface area (Å²) in [6.45, 7) is 7.94. The molecule has 2 atom stereocenters. The smallest absolute Gasteiger partial charge is 0.260 e. The molecule has 1 amide bonds. The number of fused-ring (bicyclic) bond motifs is 3. The zero-order valence-corrected chi connectivity index (χ0v) is 16.1. The summed E-state index contributed by atoms with van der Waals surface area (Å²) in [5.41, 5.74) is 1.11. The molecule has 0 saturated heterocycles. The number of hydrogen-bond acceptors (Lipinski definition) is 5. The van der Waals surface area contributed by atoms with Gasteiger partial charge in [-0.1, -0.05) is 18.7 Å². The van der Waals surface area contributed by atoms with Crippen molar-refractivity contribution in [2.24, 2.45) is 5.92 Å². The molecule has 3 rings (SSSR count). The third-order valence-electron chi connectivity index (χ3n) is 4.23. The number of aromatic amines is 1. The van der Waals surface area contributed by atoms with Gasteiger partial charge in [0.15, 0.2) is 5.16 Å². The summed E-state index contributed by atoms with van der Waals surface area (Å²) in [6, 6.07) is 0.0982. The second-order valence-electron chi connectivity index (χ2n) is 6.83. The van der Waals surface area contributed by atoms with E-state index in [0.29, 0.717) is 11.1 Å². The van der Waals surface area contributed by atoms with Gasteiger partial charge in [-0.3, -0.25) is 9.59 Å². The van der Waals surface area contributed by atoms with E-state index in [0.717, 1.165) is 29.5 Å². The van der Waals surface area contributed by atoms with Crippen molar-refractivity contribution in [3.63, 3.8) is 0 Å². The van der Waals surface area contributed by atoms with Gasteiger partial charge in [-0.25, -0.2) is 4.98 Å². The molecule has 0 fully saturated rings. The van der Waals surface area contributed by atoms with E-state index in [-0.39, 0.29) is 22.8 Å². The summed E-state index contributed by atoms with van der Waals surface area (Å²) >= 11 is 2.93. The van der Waals surface area contributed by atoms with Crippen molar-refractivity contribution in [3.05, 3.63) is 20.8 Å². The number of amides is 1. The molecular weight excluding hydrogens is 342 g/mol. The maximum atomic E-state index is 12.5. The number of carbonyl (C=O) groups excluding carboxylic acids is 1. The highest BCUT2D eigenvalue weighted by Gasteiger charge is 2.24. The number of carbonyl (C=O) groups is 1. The molecule has 0 aliphatic heterocycles. The maximum absolute atomic E-state index is 12.5. The summed E-state index contributed by atoms with van der Waals surface area (Å²) in [5.74, 6) is 0.621. The fourth-order valence-corrected chi connectivity index (χ4v) is 5.25. The van der Waals surface area contributed by atoms with E-state index in [1.807, 2.05) is 20.8 Å². The number of nitrogens with zero attached hydrogens (tertiary/aromatic N) is 1. The normalized spacial score (nSPS) is 18.6. The van der Waals surface area contributed by atoms with Crippen molar-refractivity contribution in [2.45, 2.75) is 63.4 Å². The Morgan fingerprint density at radius 3 is 2.88 bits per heavy atom. The second kappa shape index (κ2) is 6.88. The van der Waals surface area contributed by atoms with Crippen LogP contribution in [0.25, 0.3) is 10.2 Å². The lowest BCUT2D eigenvalue weighted by Gasteiger charge is -2.17. The zero-order chi connectivity index (χ0) is 17.4. The summed E-state index contributed by atoms with van der Waals surface area (Å²) in [6.07, 6.45) is 3.12. The van der Waals surface area contributed by atoms with E-state index >= 15 is 0 Å². The van der Waals surface area contributed by atoms with E-state index in [4.69, 9.17) is 0 Å². The third kappa shape index (κ3) is 3.52. The molecule has 24 heavy (non-hydrogen) atoms. The molecule has 2 heterocycles. The van der Waals surface area contributed by atoms with Crippen LogP contribution in [-0.4, -0.2) is 27.2 Å². The van der Waals surface area contributed by atoms with Crippen LogP contribution in [-0.2, 0) is 17.6 Å². The molecule has 2 N–H and O–H groups in total. The lowest BCUT2D eigenvalue weighted by Crippen LogP contribution is -2.36. The molecule has 5 nitrogen and oxygen atoms in total. The molecule has 0 aromatic carbocycles. The molecule has 2 aromatic heterocycles. The van der Waals surface area contributed by atoms with Gasteiger partial charge in [0.1, 0.15) is 4.83 Å². The number of H-pyrrole nitrogens is 1. The average molecular weight is 366 g/mol. The van der Waals surface area contributed by atoms with Gasteiger partial charge in [0.05, 0.1) is 10.6 Å². The molecule has 0 radical (unpaired) electrons. The van der Waals surface area contributed by atoms with Gasteiger partial charge >= 0.3 is 0 Å². The van der Waals surface area contributed by atoms with Crippen molar-refractivity contribution in [2.75, 3.05) is 0 Å². The first-order valence-electron chi connectivity index (χ1n) is 8.36. The predicted molar refractivity (Wildman–Crippen MR) is 100 cm³/mol. The highest BCUT2D eigenvalue weighted by Crippen LogP contribution is 2.36. The minimum Gasteiger partial charge on any atom is -0.353 e. The monoisotopic (exact) mass is 365 g/mol. The first kappa shape index (κ1) is 17.5. The number of thiophene rings is 1. The number of hydrogen-bond donors (Lipinski definition) is 2. The Kier molecular flexibility index (Phi) is 5.01. The second-order valence-corrected chi connectivity index (χ2v) is 9.24. The Morgan fingerprint density at radius 2 is 2.17 bits per heavy atom. The zero-order valence-electron chi connectivity index (χ0n) is 14.4. The molecule has 7 heteroatoms. The average Bonchev–Trinajstić information content (AvgIpc) is 2.83. The highest BCUT2D eigenvalue weighted by atomic mass is 32.2.